The largest absolute Gasteiger partial charge is 0.352 e. The number of anilines is 1. The van der Waals surface area contributed by atoms with E-state index in [-0.39, 0.29) is 43.8 Å². The summed E-state index contributed by atoms with van der Waals surface area (Å²) in [5.74, 6) is -1.01. The van der Waals surface area contributed by atoms with Crippen LogP contribution in [0.5, 0.6) is 0 Å². The van der Waals surface area contributed by atoms with Crippen molar-refractivity contribution in [1.82, 2.24) is 10.2 Å². The first-order valence-electron chi connectivity index (χ1n) is 11.5. The average Bonchev–Trinajstić information content (AvgIpc) is 2.80. The molecule has 10 heteroatoms. The van der Waals surface area contributed by atoms with Gasteiger partial charge in [-0.25, -0.2) is 12.8 Å². The molecule has 2 rings (SSSR count). The van der Waals surface area contributed by atoms with Crippen molar-refractivity contribution in [1.29, 1.82) is 0 Å². The van der Waals surface area contributed by atoms with Crippen LogP contribution in [0.1, 0.15) is 45.6 Å². The molecule has 0 aliphatic rings. The molecule has 0 aliphatic carbocycles. The molecule has 0 aromatic heterocycles. The van der Waals surface area contributed by atoms with E-state index in [1.165, 1.54) is 29.2 Å². The van der Waals surface area contributed by atoms with Gasteiger partial charge < -0.3 is 10.2 Å². The smallest absolute Gasteiger partial charge is 0.242 e. The molecule has 0 saturated carbocycles. The van der Waals surface area contributed by atoms with Gasteiger partial charge in [0.25, 0.3) is 0 Å². The second kappa shape index (κ2) is 12.9. The van der Waals surface area contributed by atoms with Gasteiger partial charge in [-0.05, 0) is 68.7 Å². The molecule has 2 aromatic carbocycles. The molecular weight excluding hydrogens is 493 g/mol. The number of nitrogens with zero attached hydrogens (tertiary/aromatic N) is 2. The highest BCUT2D eigenvalue weighted by atomic mass is 35.5. The normalized spacial score (nSPS) is 13.1. The Morgan fingerprint density at radius 1 is 1.06 bits per heavy atom. The lowest BCUT2D eigenvalue weighted by Crippen LogP contribution is -2.49. The van der Waals surface area contributed by atoms with Gasteiger partial charge in [0.05, 0.1) is 11.9 Å². The van der Waals surface area contributed by atoms with Crippen LogP contribution in [0.2, 0.25) is 5.02 Å². The van der Waals surface area contributed by atoms with E-state index in [0.29, 0.717) is 10.7 Å². The highest BCUT2D eigenvalue weighted by Gasteiger charge is 2.27. The fourth-order valence-electron chi connectivity index (χ4n) is 3.45. The molecule has 35 heavy (non-hydrogen) atoms. The number of carbonyl (C=O) groups excluding carboxylic acids is 2. The predicted octanol–water partition coefficient (Wildman–Crippen LogP) is 4.36. The molecule has 0 bridgehead atoms. The van der Waals surface area contributed by atoms with E-state index in [0.717, 1.165) is 22.5 Å². The van der Waals surface area contributed by atoms with Crippen molar-refractivity contribution < 1.29 is 22.4 Å². The van der Waals surface area contributed by atoms with E-state index in [9.17, 15) is 22.4 Å². The molecule has 2 atom stereocenters. The fraction of sp³-hybridized carbons (Fsp3) is 0.440. The van der Waals surface area contributed by atoms with Crippen molar-refractivity contribution in [2.45, 2.75) is 58.7 Å². The molecule has 0 fully saturated rings. The van der Waals surface area contributed by atoms with Gasteiger partial charge in [0.1, 0.15) is 11.9 Å². The number of amides is 2. The van der Waals surface area contributed by atoms with Crippen LogP contribution in [-0.4, -0.2) is 50.0 Å². The first-order chi connectivity index (χ1) is 16.4. The summed E-state index contributed by atoms with van der Waals surface area (Å²) in [7, 11) is -3.64. The zero-order valence-corrected chi connectivity index (χ0v) is 22.1. The van der Waals surface area contributed by atoms with E-state index in [1.807, 2.05) is 13.8 Å². The van der Waals surface area contributed by atoms with Crippen LogP contribution < -0.4 is 9.62 Å². The molecule has 0 aliphatic heterocycles. The summed E-state index contributed by atoms with van der Waals surface area (Å²) in [6.45, 7) is 5.77. The minimum Gasteiger partial charge on any atom is -0.352 e. The van der Waals surface area contributed by atoms with Crippen LogP contribution in [0.15, 0.2) is 48.5 Å². The van der Waals surface area contributed by atoms with Gasteiger partial charge in [0, 0.05) is 30.6 Å². The molecule has 0 saturated heterocycles. The van der Waals surface area contributed by atoms with E-state index in [2.05, 4.69) is 5.32 Å². The van der Waals surface area contributed by atoms with Gasteiger partial charge in [-0.1, -0.05) is 30.7 Å². The highest BCUT2D eigenvalue weighted by Crippen LogP contribution is 2.20. The molecule has 2 aromatic rings. The fourth-order valence-corrected chi connectivity index (χ4v) is 4.54. The van der Waals surface area contributed by atoms with E-state index >= 15 is 0 Å². The summed E-state index contributed by atoms with van der Waals surface area (Å²) in [5, 5.41) is 3.47. The second-order valence-corrected chi connectivity index (χ2v) is 10.9. The van der Waals surface area contributed by atoms with Crippen molar-refractivity contribution in [3.8, 4) is 0 Å². The van der Waals surface area contributed by atoms with E-state index in [4.69, 9.17) is 11.6 Å². The maximum absolute atomic E-state index is 13.3. The quantitative estimate of drug-likeness (QED) is 0.446. The molecule has 0 heterocycles. The van der Waals surface area contributed by atoms with Crippen molar-refractivity contribution >= 4 is 39.1 Å². The van der Waals surface area contributed by atoms with Crippen molar-refractivity contribution in [2.75, 3.05) is 17.1 Å². The van der Waals surface area contributed by atoms with Gasteiger partial charge in [-0.2, -0.15) is 0 Å². The lowest BCUT2D eigenvalue weighted by Gasteiger charge is -2.30. The Morgan fingerprint density at radius 3 is 2.20 bits per heavy atom. The molecule has 192 valence electrons. The number of hydrogen-bond donors (Lipinski definition) is 1. The van der Waals surface area contributed by atoms with Crippen LogP contribution in [0, 0.1) is 5.82 Å². The lowest BCUT2D eigenvalue weighted by atomic mass is 10.1. The van der Waals surface area contributed by atoms with Gasteiger partial charge in [0.15, 0.2) is 0 Å². The topological polar surface area (TPSA) is 86.8 Å². The Bertz CT molecular complexity index is 1090. The first kappa shape index (κ1) is 28.6. The predicted molar refractivity (Wildman–Crippen MR) is 137 cm³/mol. The van der Waals surface area contributed by atoms with Gasteiger partial charge >= 0.3 is 0 Å². The first-order valence-corrected chi connectivity index (χ1v) is 13.7. The number of carbonyl (C=O) groups is 2. The average molecular weight is 526 g/mol. The third-order valence-corrected chi connectivity index (χ3v) is 7.15. The summed E-state index contributed by atoms with van der Waals surface area (Å²) < 4.78 is 39.0. The Kier molecular flexibility index (Phi) is 10.5. The highest BCUT2D eigenvalue weighted by molar-refractivity contribution is 7.92. The SMILES string of the molecule is CC[C@@H](C)NC(=O)[C@@H](C)N(Cc1ccc(Cl)cc1)C(=O)CCCN(c1ccc(F)cc1)S(C)(=O)=O. The number of rotatable bonds is 12. The number of benzene rings is 2. The van der Waals surface area contributed by atoms with Gasteiger partial charge in [0.2, 0.25) is 21.8 Å². The van der Waals surface area contributed by atoms with Crippen LogP contribution in [0.25, 0.3) is 0 Å². The Morgan fingerprint density at radius 2 is 1.66 bits per heavy atom. The third-order valence-electron chi connectivity index (χ3n) is 5.70. The Hall–Kier alpha value is -2.65. The van der Waals surface area contributed by atoms with Crippen LogP contribution in [0.3, 0.4) is 0 Å². The maximum atomic E-state index is 13.3. The second-order valence-electron chi connectivity index (χ2n) is 8.56. The number of hydrogen-bond acceptors (Lipinski definition) is 4. The van der Waals surface area contributed by atoms with Crippen LogP contribution >= 0.6 is 11.6 Å². The molecule has 2 amide bonds. The minimum atomic E-state index is -3.64. The van der Waals surface area contributed by atoms with E-state index in [1.54, 1.807) is 31.2 Å². The Balaban J connectivity index is 2.15. The van der Waals surface area contributed by atoms with Crippen molar-refractivity contribution in [3.05, 3.63) is 64.9 Å². The zero-order chi connectivity index (χ0) is 26.2. The summed E-state index contributed by atoms with van der Waals surface area (Å²) in [6.07, 6.45) is 2.07. The monoisotopic (exact) mass is 525 g/mol. The molecule has 7 nitrogen and oxygen atoms in total. The minimum absolute atomic E-state index is 0.0295. The molecular formula is C25H33ClFN3O4S. The van der Waals surface area contributed by atoms with Crippen molar-refractivity contribution in [2.24, 2.45) is 0 Å². The third kappa shape index (κ3) is 8.81. The molecule has 0 unspecified atom stereocenters. The van der Waals surface area contributed by atoms with E-state index < -0.39 is 21.9 Å². The Labute approximate surface area is 212 Å². The maximum Gasteiger partial charge on any atom is 0.242 e. The standard InChI is InChI=1S/C25H33ClFN3O4S/c1-5-18(2)28-25(32)19(3)29(17-20-8-10-21(26)11-9-20)24(31)7-6-16-30(35(4,33)34)23-14-12-22(27)13-15-23/h8-15,18-19H,5-7,16-17H2,1-4H3,(H,28,32)/t18-,19-/m1/s1. The number of sulfonamides is 1. The number of halogens is 2. The summed E-state index contributed by atoms with van der Waals surface area (Å²) in [4.78, 5) is 27.5. The summed E-state index contributed by atoms with van der Waals surface area (Å²) in [6, 6.07) is 11.4. The van der Waals surface area contributed by atoms with Crippen LogP contribution in [0.4, 0.5) is 10.1 Å². The molecule has 1 N–H and O–H groups in total. The van der Waals surface area contributed by atoms with Gasteiger partial charge in [-0.3, -0.25) is 13.9 Å². The number of nitrogens with one attached hydrogen (secondary N) is 1. The lowest BCUT2D eigenvalue weighted by molar-refractivity contribution is -0.140. The summed E-state index contributed by atoms with van der Waals surface area (Å²) in [5.41, 5.74) is 1.13. The summed E-state index contributed by atoms with van der Waals surface area (Å²) >= 11 is 5.97. The zero-order valence-electron chi connectivity index (χ0n) is 20.5. The molecule has 0 radical (unpaired) electrons. The van der Waals surface area contributed by atoms with Gasteiger partial charge in [-0.15, -0.1) is 0 Å². The van der Waals surface area contributed by atoms with Crippen molar-refractivity contribution in [3.63, 3.8) is 0 Å². The van der Waals surface area contributed by atoms with Crippen LogP contribution in [-0.2, 0) is 26.2 Å². The molecule has 0 spiro atoms.